The molecule has 3 heterocycles. The molecule has 0 aliphatic rings. The fourth-order valence-corrected chi connectivity index (χ4v) is 9.37. The highest BCUT2D eigenvalue weighted by Crippen LogP contribution is 2.46. The van der Waals surface area contributed by atoms with Crippen molar-refractivity contribution < 1.29 is 0 Å². The van der Waals surface area contributed by atoms with Gasteiger partial charge in [-0.15, -0.1) is 11.3 Å². The molecule has 51 heavy (non-hydrogen) atoms. The first kappa shape index (κ1) is 28.4. The van der Waals surface area contributed by atoms with E-state index in [1.54, 1.807) is 0 Å². The molecular weight excluding hydrogens is 637 g/mol. The molecule has 0 bridgehead atoms. The topological polar surface area (TPSA) is 9.86 Å². The molecule has 3 aromatic heterocycles. The van der Waals surface area contributed by atoms with Gasteiger partial charge >= 0.3 is 0 Å². The van der Waals surface area contributed by atoms with Crippen molar-refractivity contribution >= 4 is 75.1 Å². The molecule has 0 unspecified atom stereocenters. The van der Waals surface area contributed by atoms with Gasteiger partial charge in [-0.05, 0) is 89.0 Å². The Morgan fingerprint density at radius 3 is 1.61 bits per heavy atom. The first-order valence-corrected chi connectivity index (χ1v) is 18.3. The molecule has 11 rings (SSSR count). The molecule has 0 aliphatic heterocycles. The third-order valence-electron chi connectivity index (χ3n) is 10.5. The standard InChI is InChI=1S/C48H30N2S/c1-4-14-31(15-5-1)33-26-34(32-16-6-2-7-17-32)28-36(27-33)50-41-22-12-10-20-37(41)39-29-40-44(30-43(39)50)49(35-18-8-3-9-19-35)42-24-25-46-48(47(40)42)38-21-11-13-23-45(38)51-46/h1-30H. The molecule has 0 spiro atoms. The highest BCUT2D eigenvalue weighted by molar-refractivity contribution is 7.26. The molecule has 11 aromatic rings. The van der Waals surface area contributed by atoms with Gasteiger partial charge in [-0.3, -0.25) is 0 Å². The number of aromatic nitrogens is 2. The average molecular weight is 667 g/mol. The van der Waals surface area contributed by atoms with Gasteiger partial charge in [-0.2, -0.15) is 0 Å². The van der Waals surface area contributed by atoms with Crippen LogP contribution in [-0.4, -0.2) is 9.13 Å². The molecular formula is C48H30N2S. The Bertz CT molecular complexity index is 3050. The van der Waals surface area contributed by atoms with E-state index < -0.39 is 0 Å². The number of thiophene rings is 1. The van der Waals surface area contributed by atoms with Crippen LogP contribution in [0.15, 0.2) is 182 Å². The molecule has 8 aromatic carbocycles. The van der Waals surface area contributed by atoms with E-state index in [4.69, 9.17) is 0 Å². The summed E-state index contributed by atoms with van der Waals surface area (Å²) in [6.45, 7) is 0. The van der Waals surface area contributed by atoms with Crippen LogP contribution in [0.3, 0.4) is 0 Å². The summed E-state index contributed by atoms with van der Waals surface area (Å²) < 4.78 is 7.59. The van der Waals surface area contributed by atoms with E-state index in [0.717, 1.165) is 11.4 Å². The Hall–Kier alpha value is -6.42. The number of benzene rings is 8. The summed E-state index contributed by atoms with van der Waals surface area (Å²) in [6, 6.07) is 66.6. The van der Waals surface area contributed by atoms with Crippen LogP contribution in [0, 0.1) is 0 Å². The second-order valence-corrected chi connectivity index (χ2v) is 14.4. The lowest BCUT2D eigenvalue weighted by Crippen LogP contribution is -1.97. The normalized spacial score (nSPS) is 11.9. The number of hydrogen-bond acceptors (Lipinski definition) is 1. The quantitative estimate of drug-likeness (QED) is 0.177. The van der Waals surface area contributed by atoms with E-state index in [0.29, 0.717) is 0 Å². The summed E-state index contributed by atoms with van der Waals surface area (Å²) in [6.07, 6.45) is 0. The molecule has 238 valence electrons. The van der Waals surface area contributed by atoms with Crippen molar-refractivity contribution in [2.24, 2.45) is 0 Å². The molecule has 2 nitrogen and oxygen atoms in total. The molecule has 0 aliphatic carbocycles. The maximum atomic E-state index is 2.48. The van der Waals surface area contributed by atoms with Crippen LogP contribution in [0.25, 0.3) is 97.4 Å². The molecule has 0 fully saturated rings. The number of rotatable bonds is 4. The van der Waals surface area contributed by atoms with Gasteiger partial charge in [0.15, 0.2) is 0 Å². The second kappa shape index (κ2) is 11.0. The first-order chi connectivity index (χ1) is 25.3. The van der Waals surface area contributed by atoms with Crippen molar-refractivity contribution in [1.29, 1.82) is 0 Å². The molecule has 3 heteroatoms. The van der Waals surface area contributed by atoms with Crippen molar-refractivity contribution in [2.75, 3.05) is 0 Å². The monoisotopic (exact) mass is 666 g/mol. The summed E-state index contributed by atoms with van der Waals surface area (Å²) in [5.74, 6) is 0. The molecule has 0 amide bonds. The summed E-state index contributed by atoms with van der Waals surface area (Å²) in [5.41, 5.74) is 11.9. The summed E-state index contributed by atoms with van der Waals surface area (Å²) in [4.78, 5) is 0. The van der Waals surface area contributed by atoms with Crippen LogP contribution in [0.1, 0.15) is 0 Å². The fourth-order valence-electron chi connectivity index (χ4n) is 8.25. The lowest BCUT2D eigenvalue weighted by Gasteiger charge is -2.14. The minimum atomic E-state index is 1.15. The van der Waals surface area contributed by atoms with Crippen LogP contribution in [0.4, 0.5) is 0 Å². The fraction of sp³-hybridized carbons (Fsp3) is 0. The van der Waals surface area contributed by atoms with E-state index in [1.807, 2.05) is 11.3 Å². The predicted molar refractivity (Wildman–Crippen MR) is 219 cm³/mol. The summed E-state index contributed by atoms with van der Waals surface area (Å²) >= 11 is 1.88. The van der Waals surface area contributed by atoms with Crippen LogP contribution in [0.5, 0.6) is 0 Å². The number of fused-ring (bicyclic) bond motifs is 10. The van der Waals surface area contributed by atoms with Gasteiger partial charge in [0.05, 0.1) is 22.1 Å². The Kier molecular flexibility index (Phi) is 6.16. The van der Waals surface area contributed by atoms with Crippen molar-refractivity contribution in [3.8, 4) is 33.6 Å². The van der Waals surface area contributed by atoms with Gasteiger partial charge in [-0.1, -0.05) is 115 Å². The van der Waals surface area contributed by atoms with Crippen LogP contribution >= 0.6 is 11.3 Å². The molecule has 0 radical (unpaired) electrons. The van der Waals surface area contributed by atoms with E-state index in [-0.39, 0.29) is 0 Å². The Balaban J connectivity index is 1.30. The lowest BCUT2D eigenvalue weighted by atomic mass is 9.98. The molecule has 0 saturated heterocycles. The zero-order valence-electron chi connectivity index (χ0n) is 27.6. The van der Waals surface area contributed by atoms with E-state index in [9.17, 15) is 0 Å². The van der Waals surface area contributed by atoms with E-state index in [2.05, 4.69) is 191 Å². The maximum Gasteiger partial charge on any atom is 0.0562 e. The number of hydrogen-bond donors (Lipinski definition) is 0. The minimum absolute atomic E-state index is 1.15. The van der Waals surface area contributed by atoms with Crippen LogP contribution < -0.4 is 0 Å². The lowest BCUT2D eigenvalue weighted by molar-refractivity contribution is 1.17. The van der Waals surface area contributed by atoms with Crippen molar-refractivity contribution in [2.45, 2.75) is 0 Å². The third kappa shape index (κ3) is 4.29. The van der Waals surface area contributed by atoms with Gasteiger partial charge in [0.25, 0.3) is 0 Å². The van der Waals surface area contributed by atoms with Gasteiger partial charge in [0.2, 0.25) is 0 Å². The zero-order chi connectivity index (χ0) is 33.5. The summed E-state index contributed by atoms with van der Waals surface area (Å²) in [5, 5.41) is 7.78. The van der Waals surface area contributed by atoms with Crippen LogP contribution in [0.2, 0.25) is 0 Å². The van der Waals surface area contributed by atoms with Crippen molar-refractivity contribution in [3.05, 3.63) is 182 Å². The molecule has 0 atom stereocenters. The minimum Gasteiger partial charge on any atom is -0.309 e. The Labute approximate surface area is 298 Å². The highest BCUT2D eigenvalue weighted by atomic mass is 32.1. The highest BCUT2D eigenvalue weighted by Gasteiger charge is 2.22. The predicted octanol–water partition coefficient (Wildman–Crippen LogP) is 13.6. The average Bonchev–Trinajstić information content (AvgIpc) is 3.85. The SMILES string of the molecule is c1ccc(-c2cc(-c3ccccc3)cc(-n3c4ccccc4c4cc5c6c7c(ccc6n(-c6ccccc6)c5cc43)sc3ccccc37)c2)cc1. The maximum absolute atomic E-state index is 2.48. The largest absolute Gasteiger partial charge is 0.309 e. The second-order valence-electron chi connectivity index (χ2n) is 13.3. The van der Waals surface area contributed by atoms with Crippen LogP contribution in [-0.2, 0) is 0 Å². The van der Waals surface area contributed by atoms with Crippen molar-refractivity contribution in [3.63, 3.8) is 0 Å². The van der Waals surface area contributed by atoms with E-state index in [1.165, 1.54) is 86.0 Å². The Morgan fingerprint density at radius 2 is 0.882 bits per heavy atom. The number of nitrogens with zero attached hydrogens (tertiary/aromatic N) is 2. The molecule has 0 saturated carbocycles. The number of para-hydroxylation sites is 2. The molecule has 0 N–H and O–H groups in total. The van der Waals surface area contributed by atoms with Crippen molar-refractivity contribution in [1.82, 2.24) is 9.13 Å². The third-order valence-corrected chi connectivity index (χ3v) is 11.6. The Morgan fingerprint density at radius 1 is 0.294 bits per heavy atom. The van der Waals surface area contributed by atoms with Gasteiger partial charge in [0.1, 0.15) is 0 Å². The summed E-state index contributed by atoms with van der Waals surface area (Å²) in [7, 11) is 0. The first-order valence-electron chi connectivity index (χ1n) is 17.4. The van der Waals surface area contributed by atoms with Gasteiger partial charge < -0.3 is 9.13 Å². The van der Waals surface area contributed by atoms with E-state index >= 15 is 0 Å². The zero-order valence-corrected chi connectivity index (χ0v) is 28.4. The van der Waals surface area contributed by atoms with Gasteiger partial charge in [-0.25, -0.2) is 0 Å². The van der Waals surface area contributed by atoms with Gasteiger partial charge in [0, 0.05) is 53.1 Å². The smallest absolute Gasteiger partial charge is 0.0562 e.